The van der Waals surface area contributed by atoms with Gasteiger partial charge in [-0.2, -0.15) is 5.26 Å². The molecule has 334 valence electrons. The molecule has 0 aromatic heterocycles. The maximum atomic E-state index is 14.8. The van der Waals surface area contributed by atoms with Crippen LogP contribution in [0.2, 0.25) is 0 Å². The summed E-state index contributed by atoms with van der Waals surface area (Å²) in [6.45, 7) is 9.35. The molecule has 4 heterocycles. The molecule has 16 nitrogen and oxygen atoms in total. The zero-order chi connectivity index (χ0) is 45.3. The van der Waals surface area contributed by atoms with Crippen molar-refractivity contribution in [3.63, 3.8) is 0 Å². The molecule has 4 aliphatic heterocycles. The zero-order valence-corrected chi connectivity index (χ0v) is 36.9. The first-order valence-electron chi connectivity index (χ1n) is 21.3. The molecule has 6 rings (SSSR count). The van der Waals surface area contributed by atoms with Crippen molar-refractivity contribution in [1.82, 2.24) is 19.6 Å². The Morgan fingerprint density at radius 2 is 1.56 bits per heavy atom. The quantitative estimate of drug-likeness (QED) is 0.180. The summed E-state index contributed by atoms with van der Waals surface area (Å²) in [5.41, 5.74) is 3.70. The number of methoxy groups -OCH3 is 1. The number of aryl methyl sites for hydroxylation is 1. The summed E-state index contributed by atoms with van der Waals surface area (Å²) in [6, 6.07) is -0.699. The number of halogens is 1. The summed E-state index contributed by atoms with van der Waals surface area (Å²) >= 11 is 0. The predicted molar refractivity (Wildman–Crippen MR) is 220 cm³/mol. The number of nitrogens with zero attached hydrogens (tertiary/aromatic N) is 5. The highest BCUT2D eigenvalue weighted by Gasteiger charge is 2.58. The maximum Gasteiger partial charge on any atom is 0.311 e. The Kier molecular flexibility index (Phi) is 13.9. The summed E-state index contributed by atoms with van der Waals surface area (Å²) < 4.78 is 44.2. The Bertz CT molecular complexity index is 2210. The number of imide groups is 2. The van der Waals surface area contributed by atoms with E-state index in [1.807, 2.05) is 31.9 Å². The van der Waals surface area contributed by atoms with Gasteiger partial charge in [0, 0.05) is 67.1 Å². The lowest BCUT2D eigenvalue weighted by molar-refractivity contribution is -0.160. The average Bonchev–Trinajstić information content (AvgIpc) is 3.72. The molecule has 6 atom stereocenters. The smallest absolute Gasteiger partial charge is 0.311 e. The van der Waals surface area contributed by atoms with Crippen LogP contribution in [0.4, 0.5) is 4.39 Å². The lowest BCUT2D eigenvalue weighted by atomic mass is 9.71. The molecule has 1 fully saturated rings. The van der Waals surface area contributed by atoms with Crippen molar-refractivity contribution in [2.45, 2.75) is 136 Å². The maximum absolute atomic E-state index is 14.8. The Morgan fingerprint density at radius 1 is 0.903 bits per heavy atom. The molecule has 0 aliphatic carbocycles. The van der Waals surface area contributed by atoms with Crippen LogP contribution in [0.1, 0.15) is 119 Å². The van der Waals surface area contributed by atoms with Crippen molar-refractivity contribution in [3.05, 3.63) is 39.4 Å². The first kappa shape index (κ1) is 45.9. The topological polar surface area (TPSA) is 185 Å². The highest BCUT2D eigenvalue weighted by molar-refractivity contribution is 6.04. The Morgan fingerprint density at radius 3 is 2.18 bits per heavy atom. The standard InChI is InChI=1S/C45H56FN5O11/c1-10-13-33(53)49(45(57)25(6)50(35(55)19-46)34(54)14-11-2)21-32-38-28(41(61-26(7)52)24(5)42-43(38)60-22-59-42)18-30-39-37-27(17-29(48(39)8)31(20-47)51(30)32)16-23(4)40(58-9)44(37)62-36(56)15-12-3/h16,25,29-32,39H,10-15,17-19,21-22H2,1-9H3/t25-,29?,30-,31-,32-,39?/m0/s1. The minimum absolute atomic E-state index is 0.0968. The van der Waals surface area contributed by atoms with E-state index in [2.05, 4.69) is 11.0 Å². The van der Waals surface area contributed by atoms with E-state index < -0.39 is 85.0 Å². The van der Waals surface area contributed by atoms with E-state index in [1.54, 1.807) is 20.8 Å². The molecule has 2 bridgehead atoms. The van der Waals surface area contributed by atoms with Crippen LogP contribution < -0.4 is 23.7 Å². The number of nitriles is 1. The van der Waals surface area contributed by atoms with Crippen LogP contribution in [0.25, 0.3) is 0 Å². The van der Waals surface area contributed by atoms with Gasteiger partial charge >= 0.3 is 11.9 Å². The second-order valence-electron chi connectivity index (χ2n) is 16.4. The number of hydrogen-bond donors (Lipinski definition) is 0. The lowest BCUT2D eigenvalue weighted by Crippen LogP contribution is -2.69. The monoisotopic (exact) mass is 861 g/mol. The minimum Gasteiger partial charge on any atom is -0.493 e. The van der Waals surface area contributed by atoms with Crippen molar-refractivity contribution in [1.29, 1.82) is 5.26 Å². The van der Waals surface area contributed by atoms with E-state index >= 15 is 0 Å². The molecular formula is C45H56FN5O11. The molecule has 0 N–H and O–H groups in total. The second kappa shape index (κ2) is 18.8. The van der Waals surface area contributed by atoms with Crippen molar-refractivity contribution in [2.75, 3.05) is 34.2 Å². The van der Waals surface area contributed by atoms with Gasteiger partial charge in [0.1, 0.15) is 17.8 Å². The van der Waals surface area contributed by atoms with E-state index in [-0.39, 0.29) is 49.7 Å². The lowest BCUT2D eigenvalue weighted by Gasteiger charge is -2.60. The van der Waals surface area contributed by atoms with Crippen LogP contribution in [-0.4, -0.2) is 114 Å². The third-order valence-corrected chi connectivity index (χ3v) is 12.4. The number of fused-ring (bicyclic) bond motifs is 9. The summed E-state index contributed by atoms with van der Waals surface area (Å²) in [7, 11) is 3.40. The van der Waals surface area contributed by atoms with Gasteiger partial charge in [-0.3, -0.25) is 48.4 Å². The van der Waals surface area contributed by atoms with Crippen molar-refractivity contribution in [3.8, 4) is 34.8 Å². The van der Waals surface area contributed by atoms with Gasteiger partial charge in [-0.1, -0.05) is 26.8 Å². The number of rotatable bonds is 14. The molecule has 2 aromatic rings. The van der Waals surface area contributed by atoms with Crippen molar-refractivity contribution in [2.24, 2.45) is 0 Å². The van der Waals surface area contributed by atoms with Crippen LogP contribution in [0, 0.1) is 25.2 Å². The number of carbonyl (C=O) groups excluding carboxylic acids is 6. The number of alkyl halides is 1. The van der Waals surface area contributed by atoms with Crippen molar-refractivity contribution >= 4 is 35.6 Å². The molecule has 4 aliphatic rings. The second-order valence-corrected chi connectivity index (χ2v) is 16.4. The number of ether oxygens (including phenoxy) is 5. The fourth-order valence-corrected chi connectivity index (χ4v) is 9.88. The van der Waals surface area contributed by atoms with Crippen LogP contribution in [-0.2, 0) is 41.6 Å². The van der Waals surface area contributed by atoms with Gasteiger partial charge < -0.3 is 23.7 Å². The molecular weight excluding hydrogens is 806 g/mol. The number of esters is 2. The average molecular weight is 862 g/mol. The molecule has 2 unspecified atom stereocenters. The first-order chi connectivity index (χ1) is 29.6. The van der Waals surface area contributed by atoms with E-state index in [0.717, 1.165) is 16.0 Å². The Hall–Kier alpha value is -5.60. The first-order valence-corrected chi connectivity index (χ1v) is 21.3. The number of carbonyl (C=O) groups is 6. The number of amides is 4. The normalized spacial score (nSPS) is 21.3. The predicted octanol–water partition coefficient (Wildman–Crippen LogP) is 5.11. The molecule has 1 saturated heterocycles. The number of benzene rings is 2. The van der Waals surface area contributed by atoms with Gasteiger partial charge in [0.15, 0.2) is 29.7 Å². The Balaban J connectivity index is 1.63. The van der Waals surface area contributed by atoms with Gasteiger partial charge in [0.25, 0.3) is 11.8 Å². The van der Waals surface area contributed by atoms with E-state index in [9.17, 15) is 38.4 Å². The van der Waals surface area contributed by atoms with E-state index in [0.29, 0.717) is 64.3 Å². The number of likely N-dealkylation sites (N-methyl/N-ethyl adjacent to an activating group) is 1. The highest BCUT2D eigenvalue weighted by atomic mass is 19.1. The van der Waals surface area contributed by atoms with E-state index in [4.69, 9.17) is 23.7 Å². The molecule has 4 amide bonds. The zero-order valence-electron chi connectivity index (χ0n) is 36.9. The fourth-order valence-electron chi connectivity index (χ4n) is 9.88. The molecule has 0 radical (unpaired) electrons. The molecule has 0 saturated carbocycles. The number of piperazine rings is 1. The minimum atomic E-state index is -1.57. The van der Waals surface area contributed by atoms with Crippen LogP contribution in [0.15, 0.2) is 6.07 Å². The Labute approximate surface area is 361 Å². The van der Waals surface area contributed by atoms with Crippen molar-refractivity contribution < 1.29 is 56.8 Å². The van der Waals surface area contributed by atoms with Gasteiger partial charge in [-0.25, -0.2) is 4.39 Å². The third-order valence-electron chi connectivity index (χ3n) is 12.4. The fraction of sp³-hybridized carbons (Fsp3) is 0.578. The summed E-state index contributed by atoms with van der Waals surface area (Å²) in [4.78, 5) is 87.1. The van der Waals surface area contributed by atoms with Gasteiger partial charge in [-0.15, -0.1) is 0 Å². The highest BCUT2D eigenvalue weighted by Crippen LogP contribution is 2.59. The molecule has 62 heavy (non-hydrogen) atoms. The summed E-state index contributed by atoms with van der Waals surface area (Å²) in [5, 5.41) is 11.3. The summed E-state index contributed by atoms with van der Waals surface area (Å²) in [6.07, 6.45) is 1.63. The SMILES string of the molecule is CCCC(=O)Oc1c(OC)c(C)cc2c1C1[C@@H]3Cc4c(OC(C)=O)c(C)c5c(c4[C@H](CN(C(=O)CCC)C(=O)[C@H](C)N(C(=O)CF)C(=O)CCC)N3[C@@H](C#N)C(C2)N1C)OCO5. The third kappa shape index (κ3) is 7.98. The largest absolute Gasteiger partial charge is 0.493 e. The summed E-state index contributed by atoms with van der Waals surface area (Å²) in [5.74, 6) is -3.16. The van der Waals surface area contributed by atoms with Crippen LogP contribution >= 0.6 is 0 Å². The van der Waals surface area contributed by atoms with E-state index in [1.165, 1.54) is 21.0 Å². The van der Waals surface area contributed by atoms with Gasteiger partial charge in [0.05, 0.1) is 25.3 Å². The van der Waals surface area contributed by atoms with Gasteiger partial charge in [-0.05, 0) is 71.0 Å². The van der Waals surface area contributed by atoms with Crippen LogP contribution in [0.5, 0.6) is 28.7 Å². The van der Waals surface area contributed by atoms with Crippen LogP contribution in [0.3, 0.4) is 0 Å². The molecule has 2 aromatic carbocycles. The molecule has 0 spiro atoms. The number of hydrogen-bond acceptors (Lipinski definition) is 14. The molecule has 17 heteroatoms. The van der Waals surface area contributed by atoms with Gasteiger partial charge in [0.2, 0.25) is 18.6 Å².